The van der Waals surface area contributed by atoms with Gasteiger partial charge in [0.25, 0.3) is 0 Å². The minimum Gasteiger partial charge on any atom is -0.481 e. The molecule has 4 unspecified atom stereocenters. The van der Waals surface area contributed by atoms with Crippen LogP contribution in [0.2, 0.25) is 0 Å². The molecule has 0 radical (unpaired) electrons. The number of carboxylic acid groups (broad SMARTS) is 1. The van der Waals surface area contributed by atoms with Gasteiger partial charge in [0.2, 0.25) is 0 Å². The molecular weight excluding hydrogens is 206 g/mol. The van der Waals surface area contributed by atoms with Gasteiger partial charge in [-0.3, -0.25) is 4.79 Å². The second kappa shape index (κ2) is 4.94. The molecule has 8 heteroatoms. The maximum Gasteiger partial charge on any atom is 0.306 e. The lowest BCUT2D eigenvalue weighted by Crippen LogP contribution is -2.34. The zero-order valence-corrected chi connectivity index (χ0v) is 7.72. The Labute approximate surface area is 84.7 Å². The van der Waals surface area contributed by atoms with Crippen LogP contribution in [-0.4, -0.2) is 52.2 Å². The first-order valence-corrected chi connectivity index (χ1v) is 4.30. The fourth-order valence-corrected chi connectivity index (χ4v) is 1.43. The van der Waals surface area contributed by atoms with Gasteiger partial charge in [-0.15, -0.1) is 0 Å². The van der Waals surface area contributed by atoms with Crippen LogP contribution in [0.1, 0.15) is 6.42 Å². The van der Waals surface area contributed by atoms with E-state index in [1.165, 1.54) is 0 Å². The van der Waals surface area contributed by atoms with Crippen molar-refractivity contribution in [1.29, 1.82) is 0 Å². The Hall–Kier alpha value is -1.34. The molecule has 0 aromatic heterocycles. The molecule has 84 valence electrons. The number of aliphatic carboxylic acids is 1. The summed E-state index contributed by atoms with van der Waals surface area (Å²) in [6.07, 6.45) is -4.69. The summed E-state index contributed by atoms with van der Waals surface area (Å²) in [6.45, 7) is -0.134. The maximum absolute atomic E-state index is 10.4. The van der Waals surface area contributed by atoms with Crippen LogP contribution in [-0.2, 0) is 9.53 Å². The highest BCUT2D eigenvalue weighted by Crippen LogP contribution is 2.23. The van der Waals surface area contributed by atoms with E-state index in [9.17, 15) is 15.0 Å². The lowest BCUT2D eigenvalue weighted by Gasteiger charge is -2.11. The molecule has 1 heterocycles. The van der Waals surface area contributed by atoms with E-state index in [-0.39, 0.29) is 6.54 Å². The molecule has 3 N–H and O–H groups in total. The third-order valence-electron chi connectivity index (χ3n) is 2.16. The smallest absolute Gasteiger partial charge is 0.306 e. The van der Waals surface area contributed by atoms with Crippen molar-refractivity contribution in [2.75, 3.05) is 6.54 Å². The average molecular weight is 217 g/mol. The summed E-state index contributed by atoms with van der Waals surface area (Å²) in [5, 5.41) is 30.5. The lowest BCUT2D eigenvalue weighted by atomic mass is 10.1. The van der Waals surface area contributed by atoms with Crippen LogP contribution >= 0.6 is 0 Å². The largest absolute Gasteiger partial charge is 0.481 e. The van der Waals surface area contributed by atoms with E-state index in [1.54, 1.807) is 0 Å². The molecule has 4 atom stereocenters. The topological polar surface area (TPSA) is 136 Å². The minimum atomic E-state index is -1.26. The molecule has 1 fully saturated rings. The third-order valence-corrected chi connectivity index (χ3v) is 2.16. The van der Waals surface area contributed by atoms with Gasteiger partial charge >= 0.3 is 5.97 Å². The zero-order valence-electron chi connectivity index (χ0n) is 7.72. The van der Waals surface area contributed by atoms with E-state index in [1.807, 2.05) is 0 Å². The molecule has 0 amide bonds. The Morgan fingerprint density at radius 2 is 2.00 bits per heavy atom. The molecule has 0 spiro atoms. The number of hydrogen-bond acceptors (Lipinski definition) is 5. The quantitative estimate of drug-likeness (QED) is 0.323. The van der Waals surface area contributed by atoms with Crippen LogP contribution < -0.4 is 0 Å². The van der Waals surface area contributed by atoms with Crippen LogP contribution in [0, 0.1) is 0 Å². The Bertz CT molecular complexity index is 276. The van der Waals surface area contributed by atoms with E-state index in [4.69, 9.17) is 15.4 Å². The van der Waals surface area contributed by atoms with Crippen molar-refractivity contribution < 1.29 is 24.9 Å². The van der Waals surface area contributed by atoms with Gasteiger partial charge in [-0.05, 0) is 5.53 Å². The van der Waals surface area contributed by atoms with E-state index in [2.05, 4.69) is 10.0 Å². The Kier molecular flexibility index (Phi) is 3.87. The Morgan fingerprint density at radius 3 is 2.53 bits per heavy atom. The number of aliphatic hydroxyl groups excluding tert-OH is 2. The second-order valence-electron chi connectivity index (χ2n) is 3.21. The fourth-order valence-electron chi connectivity index (χ4n) is 1.43. The van der Waals surface area contributed by atoms with Gasteiger partial charge < -0.3 is 20.1 Å². The zero-order chi connectivity index (χ0) is 11.4. The van der Waals surface area contributed by atoms with Gasteiger partial charge in [-0.1, -0.05) is 5.11 Å². The van der Waals surface area contributed by atoms with Gasteiger partial charge in [0.1, 0.15) is 12.2 Å². The number of hydrogen-bond donors (Lipinski definition) is 3. The first-order chi connectivity index (χ1) is 7.06. The van der Waals surface area contributed by atoms with Crippen molar-refractivity contribution in [3.05, 3.63) is 10.4 Å². The molecule has 8 nitrogen and oxygen atoms in total. The summed E-state index contributed by atoms with van der Waals surface area (Å²) in [6, 6.07) is 0. The van der Waals surface area contributed by atoms with Gasteiger partial charge in [-0.25, -0.2) is 0 Å². The monoisotopic (exact) mass is 217 g/mol. The molecule has 0 aliphatic carbocycles. The molecule has 15 heavy (non-hydrogen) atoms. The average Bonchev–Trinajstić information content (AvgIpc) is 2.42. The van der Waals surface area contributed by atoms with Crippen LogP contribution in [0.15, 0.2) is 5.11 Å². The fraction of sp³-hybridized carbons (Fsp3) is 0.857. The van der Waals surface area contributed by atoms with Crippen LogP contribution in [0.25, 0.3) is 10.4 Å². The first kappa shape index (κ1) is 11.7. The van der Waals surface area contributed by atoms with Crippen molar-refractivity contribution in [3.63, 3.8) is 0 Å². The van der Waals surface area contributed by atoms with Gasteiger partial charge in [-0.2, -0.15) is 0 Å². The molecule has 0 saturated carbocycles. The van der Waals surface area contributed by atoms with E-state index >= 15 is 0 Å². The standard InChI is InChI=1S/C7H11N3O5/c8-10-9-2-4-7(14)6(13)3(15-4)1-5(11)12/h3-4,6-7,13-14H,1-2H2,(H,11,12). The van der Waals surface area contributed by atoms with Crippen molar-refractivity contribution in [2.45, 2.75) is 30.8 Å². The molecule has 1 rings (SSSR count). The predicted octanol–water partition coefficient (Wildman–Crippen LogP) is -0.739. The SMILES string of the molecule is [N-]=[N+]=NCC1OC(CC(=O)O)C(O)C1O. The van der Waals surface area contributed by atoms with Crippen molar-refractivity contribution in [3.8, 4) is 0 Å². The number of azide groups is 1. The second-order valence-corrected chi connectivity index (χ2v) is 3.21. The molecule has 1 aliphatic rings. The van der Waals surface area contributed by atoms with E-state index in [0.717, 1.165) is 0 Å². The summed E-state index contributed by atoms with van der Waals surface area (Å²) >= 11 is 0. The molecule has 0 aromatic rings. The summed E-state index contributed by atoms with van der Waals surface area (Å²) in [7, 11) is 0. The van der Waals surface area contributed by atoms with E-state index in [0.29, 0.717) is 0 Å². The number of carbonyl (C=O) groups is 1. The highest BCUT2D eigenvalue weighted by molar-refractivity contribution is 5.67. The van der Waals surface area contributed by atoms with Crippen molar-refractivity contribution in [2.24, 2.45) is 5.11 Å². The van der Waals surface area contributed by atoms with Gasteiger partial charge in [0.15, 0.2) is 0 Å². The molecule has 1 saturated heterocycles. The summed E-state index contributed by atoms with van der Waals surface area (Å²) < 4.78 is 5.05. The number of ether oxygens (including phenoxy) is 1. The maximum atomic E-state index is 10.4. The Balaban J connectivity index is 2.58. The van der Waals surface area contributed by atoms with Gasteiger partial charge in [0, 0.05) is 4.91 Å². The van der Waals surface area contributed by atoms with Crippen LogP contribution in [0.3, 0.4) is 0 Å². The minimum absolute atomic E-state index is 0.134. The van der Waals surface area contributed by atoms with Crippen LogP contribution in [0.5, 0.6) is 0 Å². The first-order valence-electron chi connectivity index (χ1n) is 4.30. The number of nitrogens with zero attached hydrogens (tertiary/aromatic N) is 3. The van der Waals surface area contributed by atoms with Crippen molar-refractivity contribution in [1.82, 2.24) is 0 Å². The summed E-state index contributed by atoms with van der Waals surface area (Å²) in [4.78, 5) is 12.9. The molecule has 0 bridgehead atoms. The summed E-state index contributed by atoms with van der Waals surface area (Å²) in [5.74, 6) is -1.13. The van der Waals surface area contributed by atoms with Crippen LogP contribution in [0.4, 0.5) is 0 Å². The normalized spacial score (nSPS) is 34.8. The van der Waals surface area contributed by atoms with E-state index < -0.39 is 36.8 Å². The highest BCUT2D eigenvalue weighted by atomic mass is 16.5. The Morgan fingerprint density at radius 1 is 1.40 bits per heavy atom. The lowest BCUT2D eigenvalue weighted by molar-refractivity contribution is -0.141. The highest BCUT2D eigenvalue weighted by Gasteiger charge is 2.42. The third kappa shape index (κ3) is 2.80. The number of carboxylic acids is 1. The summed E-state index contributed by atoms with van der Waals surface area (Å²) in [5.41, 5.74) is 8.05. The molecule has 0 aromatic carbocycles. The van der Waals surface area contributed by atoms with Crippen molar-refractivity contribution >= 4 is 5.97 Å². The number of rotatable bonds is 4. The molecular formula is C7H11N3O5. The predicted molar refractivity (Wildman–Crippen MR) is 46.9 cm³/mol. The number of aliphatic hydroxyl groups is 2. The van der Waals surface area contributed by atoms with Gasteiger partial charge in [0.05, 0.1) is 25.2 Å². The molecule has 1 aliphatic heterocycles.